The molecule has 0 aliphatic carbocycles. The Morgan fingerprint density at radius 1 is 1.04 bits per heavy atom. The summed E-state index contributed by atoms with van der Waals surface area (Å²) >= 11 is 0. The van der Waals surface area contributed by atoms with E-state index < -0.39 is 9.84 Å². The molecule has 2 aliphatic heterocycles. The first kappa shape index (κ1) is 19.4. The molecule has 0 unspecified atom stereocenters. The first-order chi connectivity index (χ1) is 12.2. The maximum atomic E-state index is 12.9. The van der Waals surface area contributed by atoms with Crippen molar-refractivity contribution in [1.82, 2.24) is 4.90 Å². The van der Waals surface area contributed by atoms with Crippen molar-refractivity contribution in [1.29, 1.82) is 0 Å². The van der Waals surface area contributed by atoms with E-state index in [1.54, 1.807) is 4.90 Å². The van der Waals surface area contributed by atoms with Crippen LogP contribution >= 0.6 is 0 Å². The van der Waals surface area contributed by atoms with Crippen molar-refractivity contribution in [2.75, 3.05) is 29.5 Å². The highest BCUT2D eigenvalue weighted by atomic mass is 32.2. The van der Waals surface area contributed by atoms with Gasteiger partial charge in [-0.3, -0.25) is 9.69 Å². The second kappa shape index (κ2) is 7.31. The van der Waals surface area contributed by atoms with Gasteiger partial charge in [-0.2, -0.15) is 0 Å². The normalized spacial score (nSPS) is 25.9. The number of anilines is 1. The van der Waals surface area contributed by atoms with Gasteiger partial charge < -0.3 is 4.90 Å². The van der Waals surface area contributed by atoms with Crippen molar-refractivity contribution in [3.8, 4) is 0 Å². The summed E-state index contributed by atoms with van der Waals surface area (Å²) in [7, 11) is -3.12. The van der Waals surface area contributed by atoms with E-state index in [-0.39, 0.29) is 29.5 Å². The van der Waals surface area contributed by atoms with Gasteiger partial charge in [0, 0.05) is 11.7 Å². The highest BCUT2D eigenvalue weighted by molar-refractivity contribution is 7.91. The summed E-state index contributed by atoms with van der Waals surface area (Å²) in [5.74, 6) is 1.18. The molecule has 2 atom stereocenters. The number of piperazine rings is 1. The van der Waals surface area contributed by atoms with Crippen LogP contribution in [0.15, 0.2) is 24.3 Å². The molecule has 0 radical (unpaired) electrons. The minimum absolute atomic E-state index is 0.00408. The third kappa shape index (κ3) is 3.96. The second-order valence-corrected chi connectivity index (χ2v) is 10.5. The second-order valence-electron chi connectivity index (χ2n) is 8.37. The zero-order valence-electron chi connectivity index (χ0n) is 16.2. The van der Waals surface area contributed by atoms with Gasteiger partial charge in [0.05, 0.1) is 24.1 Å². The molecule has 0 spiro atoms. The molecular weight excluding hydrogens is 348 g/mol. The highest BCUT2D eigenvalue weighted by Crippen LogP contribution is 2.32. The van der Waals surface area contributed by atoms with Crippen LogP contribution in [0.5, 0.6) is 0 Å². The molecule has 3 rings (SSSR count). The predicted molar refractivity (Wildman–Crippen MR) is 105 cm³/mol. The average molecular weight is 379 g/mol. The largest absolute Gasteiger partial charge is 0.306 e. The molecule has 0 saturated carbocycles. The molecule has 5 nitrogen and oxygen atoms in total. The van der Waals surface area contributed by atoms with Crippen LogP contribution in [0.25, 0.3) is 0 Å². The number of hydrogen-bond donors (Lipinski definition) is 0. The van der Waals surface area contributed by atoms with E-state index in [2.05, 4.69) is 32.6 Å². The number of benzene rings is 1. The number of carbonyl (C=O) groups excluding carboxylic acids is 1. The van der Waals surface area contributed by atoms with Gasteiger partial charge in [0.25, 0.3) is 0 Å². The summed E-state index contributed by atoms with van der Waals surface area (Å²) in [6.45, 7) is 9.64. The van der Waals surface area contributed by atoms with Crippen LogP contribution in [0.1, 0.15) is 45.6 Å². The fourth-order valence-electron chi connectivity index (χ4n) is 3.98. The number of hydrogen-bond acceptors (Lipinski definition) is 4. The Kier molecular flexibility index (Phi) is 5.45. The fraction of sp³-hybridized carbons (Fsp3) is 0.650. The topological polar surface area (TPSA) is 57.7 Å². The standard InChI is InChI=1S/C20H30N2O3S/c1-14(2)9-10-21-11-20(23)22(19-13-26(24,25)12-18(19)21)17-7-5-16(6-8-17)15(3)4/h5-8,14-15,18-19H,9-13H2,1-4H3/t18-,19+/m1/s1. The van der Waals surface area contributed by atoms with Crippen molar-refractivity contribution in [3.63, 3.8) is 0 Å². The number of sulfone groups is 1. The van der Waals surface area contributed by atoms with Crippen LogP contribution in [0.3, 0.4) is 0 Å². The Bertz CT molecular complexity index is 756. The minimum atomic E-state index is -3.12. The fourth-order valence-corrected chi connectivity index (χ4v) is 5.96. The van der Waals surface area contributed by atoms with Gasteiger partial charge in [-0.25, -0.2) is 8.42 Å². The van der Waals surface area contributed by atoms with Gasteiger partial charge in [0.1, 0.15) is 0 Å². The monoisotopic (exact) mass is 378 g/mol. The molecule has 26 heavy (non-hydrogen) atoms. The molecule has 6 heteroatoms. The summed E-state index contributed by atoms with van der Waals surface area (Å²) in [5.41, 5.74) is 2.03. The molecule has 2 heterocycles. The van der Waals surface area contributed by atoms with Crippen molar-refractivity contribution >= 4 is 21.4 Å². The lowest BCUT2D eigenvalue weighted by Crippen LogP contribution is -2.62. The lowest BCUT2D eigenvalue weighted by molar-refractivity contribution is -0.123. The van der Waals surface area contributed by atoms with Crippen LogP contribution in [0.2, 0.25) is 0 Å². The first-order valence-corrected chi connectivity index (χ1v) is 11.4. The molecule has 1 aromatic rings. The molecular formula is C20H30N2O3S. The number of nitrogens with zero attached hydrogens (tertiary/aromatic N) is 2. The van der Waals surface area contributed by atoms with E-state index >= 15 is 0 Å². The molecule has 0 bridgehead atoms. The SMILES string of the molecule is CC(C)CCN1CC(=O)N(c2ccc(C(C)C)cc2)[C@H]2CS(=O)(=O)C[C@H]21. The predicted octanol–water partition coefficient (Wildman–Crippen LogP) is 2.67. The lowest BCUT2D eigenvalue weighted by Gasteiger charge is -2.43. The van der Waals surface area contributed by atoms with Crippen molar-refractivity contribution in [2.45, 2.75) is 52.1 Å². The summed E-state index contributed by atoms with van der Waals surface area (Å²) < 4.78 is 24.7. The molecule has 2 saturated heterocycles. The van der Waals surface area contributed by atoms with Gasteiger partial charge in [0.2, 0.25) is 5.91 Å². The Morgan fingerprint density at radius 3 is 2.23 bits per heavy atom. The maximum Gasteiger partial charge on any atom is 0.241 e. The number of rotatable bonds is 5. The van der Waals surface area contributed by atoms with E-state index in [4.69, 9.17) is 0 Å². The number of amides is 1. The lowest BCUT2D eigenvalue weighted by atomic mass is 9.99. The zero-order valence-corrected chi connectivity index (χ0v) is 17.0. The Labute approximate surface area is 157 Å². The molecule has 144 valence electrons. The molecule has 0 aromatic heterocycles. The summed E-state index contributed by atoms with van der Waals surface area (Å²) in [4.78, 5) is 16.7. The molecule has 2 fully saturated rings. The first-order valence-electron chi connectivity index (χ1n) is 9.54. The van der Waals surface area contributed by atoms with Gasteiger partial charge >= 0.3 is 0 Å². The molecule has 2 aliphatic rings. The Hall–Kier alpha value is -1.40. The Balaban J connectivity index is 1.88. The number of carbonyl (C=O) groups is 1. The highest BCUT2D eigenvalue weighted by Gasteiger charge is 2.49. The van der Waals surface area contributed by atoms with Crippen LogP contribution in [0, 0.1) is 5.92 Å². The van der Waals surface area contributed by atoms with Gasteiger partial charge in [-0.05, 0) is 42.5 Å². The third-order valence-corrected chi connectivity index (χ3v) is 7.23. The minimum Gasteiger partial charge on any atom is -0.306 e. The molecule has 0 N–H and O–H groups in total. The third-order valence-electron chi connectivity index (χ3n) is 5.53. The quantitative estimate of drug-likeness (QED) is 0.790. The summed E-state index contributed by atoms with van der Waals surface area (Å²) in [5, 5.41) is 0. The van der Waals surface area contributed by atoms with Gasteiger partial charge in [-0.15, -0.1) is 0 Å². The van der Waals surface area contributed by atoms with Crippen LogP contribution in [-0.4, -0.2) is 55.9 Å². The van der Waals surface area contributed by atoms with Gasteiger partial charge in [-0.1, -0.05) is 39.8 Å². The maximum absolute atomic E-state index is 12.9. The van der Waals surface area contributed by atoms with Crippen LogP contribution in [0.4, 0.5) is 5.69 Å². The van der Waals surface area contributed by atoms with Gasteiger partial charge in [0.15, 0.2) is 9.84 Å². The average Bonchev–Trinajstić information content (AvgIpc) is 2.87. The van der Waals surface area contributed by atoms with E-state index in [9.17, 15) is 13.2 Å². The van der Waals surface area contributed by atoms with E-state index in [0.29, 0.717) is 18.4 Å². The Morgan fingerprint density at radius 2 is 1.65 bits per heavy atom. The molecule has 1 amide bonds. The number of fused-ring (bicyclic) bond motifs is 1. The smallest absolute Gasteiger partial charge is 0.241 e. The van der Waals surface area contributed by atoms with Crippen LogP contribution < -0.4 is 4.90 Å². The van der Waals surface area contributed by atoms with Crippen LogP contribution in [-0.2, 0) is 14.6 Å². The van der Waals surface area contributed by atoms with E-state index in [1.807, 2.05) is 24.3 Å². The van der Waals surface area contributed by atoms with E-state index in [1.165, 1.54) is 5.56 Å². The molecule has 1 aromatic carbocycles. The summed E-state index contributed by atoms with van der Waals surface area (Å²) in [6, 6.07) is 7.62. The van der Waals surface area contributed by atoms with Crippen molar-refractivity contribution in [3.05, 3.63) is 29.8 Å². The summed E-state index contributed by atoms with van der Waals surface area (Å²) in [6.07, 6.45) is 0.972. The van der Waals surface area contributed by atoms with E-state index in [0.717, 1.165) is 18.7 Å². The van der Waals surface area contributed by atoms with Crippen molar-refractivity contribution < 1.29 is 13.2 Å². The zero-order chi connectivity index (χ0) is 19.1. The van der Waals surface area contributed by atoms with Crippen molar-refractivity contribution in [2.24, 2.45) is 5.92 Å².